The molecule has 2 N–H and O–H groups in total. The fourth-order valence-corrected chi connectivity index (χ4v) is 1.32. The summed E-state index contributed by atoms with van der Waals surface area (Å²) in [4.78, 5) is 11.8. The van der Waals surface area contributed by atoms with Gasteiger partial charge in [-0.1, -0.05) is 0 Å². The number of likely N-dealkylation sites (N-methyl/N-ethyl adjacent to an activating group) is 1. The molecular formula is C13H21ClN2O2. The topological polar surface area (TPSA) is 50.4 Å². The van der Waals surface area contributed by atoms with E-state index in [1.165, 1.54) is 0 Å². The maximum absolute atomic E-state index is 11.8. The number of hydrogen-bond acceptors (Lipinski definition) is 3. The Morgan fingerprint density at radius 1 is 1.33 bits per heavy atom. The Kier molecular flexibility index (Phi) is 8.16. The number of carbonyl (C=O) groups is 1. The molecule has 0 fully saturated rings. The average molecular weight is 273 g/mol. The number of benzene rings is 1. The Morgan fingerprint density at radius 2 is 1.94 bits per heavy atom. The molecule has 0 saturated carbocycles. The van der Waals surface area contributed by atoms with Gasteiger partial charge >= 0.3 is 0 Å². The quantitative estimate of drug-likeness (QED) is 0.831. The lowest BCUT2D eigenvalue weighted by Crippen LogP contribution is -2.37. The zero-order valence-electron chi connectivity index (χ0n) is 11.0. The molecule has 0 aromatic heterocycles. The normalized spacial score (nSPS) is 11.3. The molecule has 1 aromatic carbocycles. The molecule has 5 heteroatoms. The molecular weight excluding hydrogens is 252 g/mol. The van der Waals surface area contributed by atoms with Crippen LogP contribution in [0.1, 0.15) is 24.2 Å². The number of hydrogen-bond donors (Lipinski definition) is 2. The first kappa shape index (κ1) is 16.7. The average Bonchev–Trinajstić information content (AvgIpc) is 2.36. The van der Waals surface area contributed by atoms with Gasteiger partial charge in [0.05, 0.1) is 6.61 Å². The highest BCUT2D eigenvalue weighted by Crippen LogP contribution is 2.11. The molecule has 0 aliphatic carbocycles. The lowest BCUT2D eigenvalue weighted by molar-refractivity contribution is 0.0950. The second kappa shape index (κ2) is 8.78. The van der Waals surface area contributed by atoms with Crippen molar-refractivity contribution in [1.82, 2.24) is 10.6 Å². The number of ether oxygens (including phenoxy) is 1. The summed E-state index contributed by atoms with van der Waals surface area (Å²) in [5.41, 5.74) is 0.650. The van der Waals surface area contributed by atoms with Gasteiger partial charge in [0.25, 0.3) is 5.91 Å². The summed E-state index contributed by atoms with van der Waals surface area (Å²) in [5.74, 6) is 0.725. The number of rotatable bonds is 6. The third-order valence-electron chi connectivity index (χ3n) is 2.49. The van der Waals surface area contributed by atoms with Gasteiger partial charge in [-0.3, -0.25) is 4.79 Å². The lowest BCUT2D eigenvalue weighted by Gasteiger charge is -2.11. The molecule has 1 atom stereocenters. The predicted octanol–water partition coefficient (Wildman–Crippen LogP) is 1.84. The van der Waals surface area contributed by atoms with Gasteiger partial charge in [-0.15, -0.1) is 12.4 Å². The predicted molar refractivity (Wildman–Crippen MR) is 75.7 cm³/mol. The van der Waals surface area contributed by atoms with Crippen LogP contribution in [0, 0.1) is 0 Å². The molecule has 0 radical (unpaired) electrons. The van der Waals surface area contributed by atoms with Crippen LogP contribution in [0.3, 0.4) is 0 Å². The third-order valence-corrected chi connectivity index (χ3v) is 2.49. The van der Waals surface area contributed by atoms with Crippen LogP contribution in [0.25, 0.3) is 0 Å². The molecule has 18 heavy (non-hydrogen) atoms. The number of amides is 1. The molecule has 0 aliphatic heterocycles. The van der Waals surface area contributed by atoms with Crippen LogP contribution >= 0.6 is 12.4 Å². The maximum atomic E-state index is 11.8. The minimum Gasteiger partial charge on any atom is -0.494 e. The lowest BCUT2D eigenvalue weighted by atomic mass is 10.2. The van der Waals surface area contributed by atoms with Gasteiger partial charge in [0.2, 0.25) is 0 Å². The third kappa shape index (κ3) is 5.38. The van der Waals surface area contributed by atoms with Crippen molar-refractivity contribution >= 4 is 18.3 Å². The van der Waals surface area contributed by atoms with Gasteiger partial charge in [-0.25, -0.2) is 0 Å². The highest BCUT2D eigenvalue weighted by atomic mass is 35.5. The molecule has 0 bridgehead atoms. The van der Waals surface area contributed by atoms with E-state index < -0.39 is 0 Å². The number of carbonyl (C=O) groups excluding carboxylic acids is 1. The summed E-state index contributed by atoms with van der Waals surface area (Å²) in [6, 6.07) is 7.41. The van der Waals surface area contributed by atoms with Crippen LogP contribution in [0.4, 0.5) is 0 Å². The van der Waals surface area contributed by atoms with Gasteiger partial charge in [-0.2, -0.15) is 0 Å². The van der Waals surface area contributed by atoms with Crippen molar-refractivity contribution in [1.29, 1.82) is 0 Å². The van der Waals surface area contributed by atoms with Gasteiger partial charge < -0.3 is 15.4 Å². The summed E-state index contributed by atoms with van der Waals surface area (Å²) >= 11 is 0. The van der Waals surface area contributed by atoms with E-state index in [-0.39, 0.29) is 24.4 Å². The summed E-state index contributed by atoms with van der Waals surface area (Å²) in [5, 5.41) is 5.92. The Balaban J connectivity index is 0.00000289. The first-order chi connectivity index (χ1) is 8.17. The SMILES string of the molecule is CCOc1ccc(C(=O)NCC(C)NC)cc1.Cl. The van der Waals surface area contributed by atoms with Crippen LogP contribution in [0.2, 0.25) is 0 Å². The maximum Gasteiger partial charge on any atom is 0.251 e. The fourth-order valence-electron chi connectivity index (χ4n) is 1.32. The van der Waals surface area contributed by atoms with E-state index in [0.29, 0.717) is 18.7 Å². The van der Waals surface area contributed by atoms with Gasteiger partial charge in [0, 0.05) is 18.2 Å². The van der Waals surface area contributed by atoms with E-state index >= 15 is 0 Å². The molecule has 0 saturated heterocycles. The van der Waals surface area contributed by atoms with E-state index in [4.69, 9.17) is 4.74 Å². The van der Waals surface area contributed by atoms with Gasteiger partial charge in [0.1, 0.15) is 5.75 Å². The Labute approximate surface area is 115 Å². The van der Waals surface area contributed by atoms with Gasteiger partial charge in [-0.05, 0) is 45.2 Å². The van der Waals surface area contributed by atoms with Crippen LogP contribution in [0.5, 0.6) is 5.75 Å². The van der Waals surface area contributed by atoms with E-state index in [1.807, 2.05) is 20.9 Å². The van der Waals surface area contributed by atoms with E-state index in [0.717, 1.165) is 5.75 Å². The van der Waals surface area contributed by atoms with E-state index in [1.54, 1.807) is 24.3 Å². The first-order valence-corrected chi connectivity index (χ1v) is 5.85. The van der Waals surface area contributed by atoms with E-state index in [9.17, 15) is 4.79 Å². The molecule has 1 amide bonds. The standard InChI is InChI=1S/C13H20N2O2.ClH/c1-4-17-12-7-5-11(6-8-12)13(16)15-9-10(2)14-3;/h5-8,10,14H,4,9H2,1-3H3,(H,15,16);1H. The molecule has 0 spiro atoms. The summed E-state index contributed by atoms with van der Waals surface area (Å²) in [7, 11) is 1.87. The molecule has 1 unspecified atom stereocenters. The smallest absolute Gasteiger partial charge is 0.251 e. The minimum atomic E-state index is -0.0600. The Hall–Kier alpha value is -1.26. The summed E-state index contributed by atoms with van der Waals surface area (Å²) in [6.45, 7) is 5.19. The van der Waals surface area contributed by atoms with Crippen LogP contribution < -0.4 is 15.4 Å². The number of nitrogens with one attached hydrogen (secondary N) is 2. The van der Waals surface area contributed by atoms with E-state index in [2.05, 4.69) is 10.6 Å². The zero-order chi connectivity index (χ0) is 12.7. The van der Waals surface area contributed by atoms with Crippen molar-refractivity contribution in [2.75, 3.05) is 20.2 Å². The highest BCUT2D eigenvalue weighted by Gasteiger charge is 2.06. The Morgan fingerprint density at radius 3 is 2.44 bits per heavy atom. The highest BCUT2D eigenvalue weighted by molar-refractivity contribution is 5.94. The molecule has 1 aromatic rings. The van der Waals surface area contributed by atoms with Crippen molar-refractivity contribution < 1.29 is 9.53 Å². The van der Waals surface area contributed by atoms with Gasteiger partial charge in [0.15, 0.2) is 0 Å². The zero-order valence-corrected chi connectivity index (χ0v) is 11.8. The van der Waals surface area contributed by atoms with Crippen molar-refractivity contribution in [3.05, 3.63) is 29.8 Å². The number of halogens is 1. The van der Waals surface area contributed by atoms with Crippen LogP contribution in [-0.4, -0.2) is 32.1 Å². The Bertz CT molecular complexity index is 355. The monoisotopic (exact) mass is 272 g/mol. The van der Waals surface area contributed by atoms with Crippen LogP contribution in [0.15, 0.2) is 24.3 Å². The molecule has 1 rings (SSSR count). The van der Waals surface area contributed by atoms with Crippen molar-refractivity contribution in [2.24, 2.45) is 0 Å². The van der Waals surface area contributed by atoms with Crippen LogP contribution in [-0.2, 0) is 0 Å². The second-order valence-electron chi connectivity index (χ2n) is 3.86. The minimum absolute atomic E-state index is 0. The van der Waals surface area contributed by atoms with Crippen molar-refractivity contribution in [3.63, 3.8) is 0 Å². The summed E-state index contributed by atoms with van der Waals surface area (Å²) < 4.78 is 5.31. The molecule has 0 heterocycles. The second-order valence-corrected chi connectivity index (χ2v) is 3.86. The van der Waals surface area contributed by atoms with Crippen molar-refractivity contribution in [2.45, 2.75) is 19.9 Å². The fraction of sp³-hybridized carbons (Fsp3) is 0.462. The molecule has 4 nitrogen and oxygen atoms in total. The summed E-state index contributed by atoms with van der Waals surface area (Å²) in [6.07, 6.45) is 0. The molecule has 0 aliphatic rings. The van der Waals surface area contributed by atoms with Crippen molar-refractivity contribution in [3.8, 4) is 5.75 Å². The first-order valence-electron chi connectivity index (χ1n) is 5.85. The largest absolute Gasteiger partial charge is 0.494 e. The molecule has 102 valence electrons.